The summed E-state index contributed by atoms with van der Waals surface area (Å²) >= 11 is 12.1. The number of hydrogen-bond donors (Lipinski definition) is 3. The number of carbonyl (C=O) groups is 2. The first-order valence-electron chi connectivity index (χ1n) is 9.12. The fourth-order valence-corrected chi connectivity index (χ4v) is 3.35. The summed E-state index contributed by atoms with van der Waals surface area (Å²) in [6.07, 6.45) is 1.69. The Morgan fingerprint density at radius 1 is 0.935 bits per heavy atom. The first kappa shape index (κ1) is 20.6. The number of carbonyl (C=O) groups excluding carboxylic acids is 2. The van der Waals surface area contributed by atoms with Gasteiger partial charge in [0.15, 0.2) is 5.69 Å². The molecule has 8 nitrogen and oxygen atoms in total. The van der Waals surface area contributed by atoms with Gasteiger partial charge in [-0.2, -0.15) is 10.2 Å². The summed E-state index contributed by atoms with van der Waals surface area (Å²) in [7, 11) is 1.74. The van der Waals surface area contributed by atoms with E-state index in [2.05, 4.69) is 25.9 Å². The second kappa shape index (κ2) is 8.63. The van der Waals surface area contributed by atoms with E-state index in [0.29, 0.717) is 38.4 Å². The number of hydrogen-bond acceptors (Lipinski definition) is 4. The molecule has 0 radical (unpaired) electrons. The maximum absolute atomic E-state index is 12.5. The van der Waals surface area contributed by atoms with E-state index in [1.54, 1.807) is 72.5 Å². The van der Waals surface area contributed by atoms with Crippen LogP contribution in [-0.4, -0.2) is 31.8 Å². The molecule has 0 spiro atoms. The van der Waals surface area contributed by atoms with Crippen molar-refractivity contribution in [2.45, 2.75) is 0 Å². The monoisotopic (exact) mass is 454 g/mol. The Labute approximate surface area is 187 Å². The molecule has 10 heteroatoms. The minimum absolute atomic E-state index is 0.272. The third-order valence-electron chi connectivity index (χ3n) is 4.38. The summed E-state index contributed by atoms with van der Waals surface area (Å²) in [4.78, 5) is 24.7. The molecule has 0 aliphatic carbocycles. The molecular formula is C21H16Cl2N6O2. The van der Waals surface area contributed by atoms with Crippen molar-refractivity contribution in [1.82, 2.24) is 20.0 Å². The van der Waals surface area contributed by atoms with E-state index in [1.165, 1.54) is 0 Å². The first-order valence-corrected chi connectivity index (χ1v) is 9.88. The van der Waals surface area contributed by atoms with Crippen molar-refractivity contribution in [1.29, 1.82) is 0 Å². The Morgan fingerprint density at radius 2 is 1.61 bits per heavy atom. The van der Waals surface area contributed by atoms with Crippen molar-refractivity contribution in [2.75, 3.05) is 10.6 Å². The second-order valence-corrected chi connectivity index (χ2v) is 7.49. The molecule has 2 amide bonds. The highest BCUT2D eigenvalue weighted by atomic mass is 35.5. The van der Waals surface area contributed by atoms with Crippen molar-refractivity contribution in [3.63, 3.8) is 0 Å². The van der Waals surface area contributed by atoms with Crippen molar-refractivity contribution < 1.29 is 9.59 Å². The van der Waals surface area contributed by atoms with Gasteiger partial charge in [-0.1, -0.05) is 23.2 Å². The summed E-state index contributed by atoms with van der Waals surface area (Å²) in [5.74, 6) is -0.683. The van der Waals surface area contributed by atoms with Crippen LogP contribution in [0.3, 0.4) is 0 Å². The fourth-order valence-electron chi connectivity index (χ4n) is 2.84. The van der Waals surface area contributed by atoms with Gasteiger partial charge in [0.05, 0.1) is 10.7 Å². The number of aromatic nitrogens is 4. The molecule has 4 rings (SSSR count). The molecule has 4 aromatic rings. The van der Waals surface area contributed by atoms with E-state index in [0.717, 1.165) is 0 Å². The SMILES string of the molecule is Cn1ccc(C(=O)Nc2ccc(NC(=O)c3cc(-c4ccc(Cl)cc4Cl)n[nH]3)cc2)n1. The van der Waals surface area contributed by atoms with E-state index in [-0.39, 0.29) is 17.5 Å². The average molecular weight is 455 g/mol. The Hall–Kier alpha value is -3.62. The lowest BCUT2D eigenvalue weighted by Crippen LogP contribution is -2.14. The van der Waals surface area contributed by atoms with Crippen LogP contribution in [0, 0.1) is 0 Å². The maximum atomic E-state index is 12.5. The van der Waals surface area contributed by atoms with Crippen molar-refractivity contribution >= 4 is 46.4 Å². The summed E-state index contributed by atoms with van der Waals surface area (Å²) in [5, 5.41) is 17.4. The van der Waals surface area contributed by atoms with Crippen LogP contribution in [0.5, 0.6) is 0 Å². The van der Waals surface area contributed by atoms with Gasteiger partial charge in [0.2, 0.25) is 0 Å². The van der Waals surface area contributed by atoms with Crippen LogP contribution in [0.25, 0.3) is 11.3 Å². The number of amides is 2. The molecule has 3 N–H and O–H groups in total. The van der Waals surface area contributed by atoms with Crippen LogP contribution in [0.2, 0.25) is 10.0 Å². The highest BCUT2D eigenvalue weighted by molar-refractivity contribution is 6.36. The van der Waals surface area contributed by atoms with Gasteiger partial charge in [0.1, 0.15) is 5.69 Å². The number of H-pyrrole nitrogens is 1. The number of anilines is 2. The molecule has 0 bridgehead atoms. The van der Waals surface area contributed by atoms with Gasteiger partial charge in [0, 0.05) is 35.2 Å². The quantitative estimate of drug-likeness (QED) is 0.408. The van der Waals surface area contributed by atoms with Crippen LogP contribution in [0.1, 0.15) is 21.0 Å². The number of nitrogens with zero attached hydrogens (tertiary/aromatic N) is 3. The number of nitrogens with one attached hydrogen (secondary N) is 3. The van der Waals surface area contributed by atoms with Gasteiger partial charge >= 0.3 is 0 Å². The zero-order valence-corrected chi connectivity index (χ0v) is 17.7. The number of aromatic amines is 1. The van der Waals surface area contributed by atoms with Gasteiger partial charge in [0.25, 0.3) is 11.8 Å². The van der Waals surface area contributed by atoms with Crippen molar-refractivity contribution in [2.24, 2.45) is 7.05 Å². The van der Waals surface area contributed by atoms with Gasteiger partial charge in [-0.25, -0.2) is 0 Å². The highest BCUT2D eigenvalue weighted by Gasteiger charge is 2.14. The minimum atomic E-state index is -0.367. The molecule has 0 aliphatic heterocycles. The maximum Gasteiger partial charge on any atom is 0.276 e. The standard InChI is InChI=1S/C21H16Cl2N6O2/c1-29-9-8-17(28-29)20(30)24-13-3-5-14(6-4-13)25-21(31)19-11-18(26-27-19)15-7-2-12(22)10-16(15)23/h2-11H,1H3,(H,24,30)(H,25,31)(H,26,27). The van der Waals surface area contributed by atoms with E-state index in [1.807, 2.05) is 0 Å². The van der Waals surface area contributed by atoms with Gasteiger partial charge in [-0.3, -0.25) is 19.4 Å². The number of benzene rings is 2. The third-order valence-corrected chi connectivity index (χ3v) is 4.92. The van der Waals surface area contributed by atoms with Crippen LogP contribution >= 0.6 is 23.2 Å². The number of rotatable bonds is 5. The molecule has 156 valence electrons. The minimum Gasteiger partial charge on any atom is -0.321 e. The van der Waals surface area contributed by atoms with Gasteiger partial charge in [-0.05, 0) is 54.6 Å². The fraction of sp³-hybridized carbons (Fsp3) is 0.0476. The third kappa shape index (κ3) is 4.76. The second-order valence-electron chi connectivity index (χ2n) is 6.65. The van der Waals surface area contributed by atoms with Gasteiger partial charge in [-0.15, -0.1) is 0 Å². The molecule has 31 heavy (non-hydrogen) atoms. The highest BCUT2D eigenvalue weighted by Crippen LogP contribution is 2.29. The molecule has 0 saturated carbocycles. The largest absolute Gasteiger partial charge is 0.321 e. The number of aryl methyl sites for hydroxylation is 1. The van der Waals surface area contributed by atoms with E-state index >= 15 is 0 Å². The summed E-state index contributed by atoms with van der Waals surface area (Å²) in [5.41, 5.74) is 2.91. The molecule has 0 unspecified atom stereocenters. The van der Waals surface area contributed by atoms with Crippen LogP contribution in [-0.2, 0) is 7.05 Å². The lowest BCUT2D eigenvalue weighted by molar-refractivity contribution is 0.101. The first-order chi connectivity index (χ1) is 14.9. The molecular weight excluding hydrogens is 439 g/mol. The van der Waals surface area contributed by atoms with E-state index in [4.69, 9.17) is 23.2 Å². The zero-order valence-electron chi connectivity index (χ0n) is 16.2. The van der Waals surface area contributed by atoms with Crippen LogP contribution in [0.15, 0.2) is 60.8 Å². The molecule has 0 atom stereocenters. The topological polar surface area (TPSA) is 105 Å². The van der Waals surface area contributed by atoms with Gasteiger partial charge < -0.3 is 10.6 Å². The number of halogens is 2. The summed E-state index contributed by atoms with van der Waals surface area (Å²) in [6, 6.07) is 15.0. The smallest absolute Gasteiger partial charge is 0.276 e. The molecule has 0 aliphatic rings. The Bertz CT molecular complexity index is 1260. The molecule has 2 aromatic carbocycles. The average Bonchev–Trinajstić information content (AvgIpc) is 3.39. The molecule has 0 saturated heterocycles. The summed E-state index contributed by atoms with van der Waals surface area (Å²) < 4.78 is 1.55. The Morgan fingerprint density at radius 3 is 2.23 bits per heavy atom. The lowest BCUT2D eigenvalue weighted by Gasteiger charge is -2.06. The van der Waals surface area contributed by atoms with E-state index < -0.39 is 0 Å². The van der Waals surface area contributed by atoms with Crippen LogP contribution in [0.4, 0.5) is 11.4 Å². The predicted molar refractivity (Wildman–Crippen MR) is 120 cm³/mol. The molecule has 0 fully saturated rings. The van der Waals surface area contributed by atoms with E-state index in [9.17, 15) is 9.59 Å². The molecule has 2 heterocycles. The Kier molecular flexibility index (Phi) is 5.75. The van der Waals surface area contributed by atoms with Crippen molar-refractivity contribution in [3.8, 4) is 11.3 Å². The normalized spacial score (nSPS) is 10.7. The van der Waals surface area contributed by atoms with Crippen LogP contribution < -0.4 is 10.6 Å². The Balaban J connectivity index is 1.41. The summed E-state index contributed by atoms with van der Waals surface area (Å²) in [6.45, 7) is 0. The predicted octanol–water partition coefficient (Wildman–Crippen LogP) is 4.62. The van der Waals surface area contributed by atoms with Crippen molar-refractivity contribution in [3.05, 3.63) is 82.2 Å². The zero-order chi connectivity index (χ0) is 22.0. The molecule has 2 aromatic heterocycles. The lowest BCUT2D eigenvalue weighted by atomic mass is 10.1.